The first-order valence-electron chi connectivity index (χ1n) is 5.02. The molecule has 70 valence electrons. The quantitative estimate of drug-likeness (QED) is 0.663. The zero-order valence-corrected chi connectivity index (χ0v) is 8.99. The minimum atomic E-state index is 0.667. The van der Waals surface area contributed by atoms with Crippen molar-refractivity contribution in [2.75, 3.05) is 25.9 Å². The zero-order chi connectivity index (χ0) is 8.60. The first-order chi connectivity index (χ1) is 5.74. The van der Waals surface area contributed by atoms with Gasteiger partial charge in [0.1, 0.15) is 0 Å². The van der Waals surface area contributed by atoms with Crippen LogP contribution in [-0.2, 0) is 0 Å². The third-order valence-electron chi connectivity index (χ3n) is 3.35. The monoisotopic (exact) mass is 185 g/mol. The smallest absolute Gasteiger partial charge is 0.0284 e. The van der Waals surface area contributed by atoms with E-state index in [9.17, 15) is 0 Å². The van der Waals surface area contributed by atoms with Gasteiger partial charge in [0.2, 0.25) is 0 Å². The summed E-state index contributed by atoms with van der Waals surface area (Å²) in [6, 6.07) is 0. The highest BCUT2D eigenvalue weighted by Crippen LogP contribution is 2.44. The van der Waals surface area contributed by atoms with E-state index in [4.69, 9.17) is 0 Å². The Hall–Kier alpha value is 0.310. The zero-order valence-electron chi connectivity index (χ0n) is 8.18. The highest BCUT2D eigenvalue weighted by atomic mass is 32.2. The molecule has 0 radical (unpaired) electrons. The van der Waals surface area contributed by atoms with E-state index >= 15 is 0 Å². The standard InChI is InChI=1S/C10H19NS/c1-9-6-11(7-9)8-10(12-2)4-3-5-10/h9H,3-8H2,1-2H3. The third kappa shape index (κ3) is 1.51. The Bertz CT molecular complexity index is 154. The fourth-order valence-electron chi connectivity index (χ4n) is 2.36. The van der Waals surface area contributed by atoms with Gasteiger partial charge in [-0.25, -0.2) is 0 Å². The van der Waals surface area contributed by atoms with E-state index in [1.54, 1.807) is 0 Å². The summed E-state index contributed by atoms with van der Waals surface area (Å²) in [6.07, 6.45) is 6.66. The van der Waals surface area contributed by atoms with Gasteiger partial charge in [0.25, 0.3) is 0 Å². The second-order valence-corrected chi connectivity index (χ2v) is 5.81. The molecule has 0 aromatic carbocycles. The summed E-state index contributed by atoms with van der Waals surface area (Å²) in [5.74, 6) is 0.962. The number of hydrogen-bond donors (Lipinski definition) is 0. The summed E-state index contributed by atoms with van der Waals surface area (Å²) in [4.78, 5) is 2.63. The van der Waals surface area contributed by atoms with Crippen molar-refractivity contribution in [1.82, 2.24) is 4.90 Å². The summed E-state index contributed by atoms with van der Waals surface area (Å²) in [7, 11) is 0. The van der Waals surface area contributed by atoms with Crippen LogP contribution in [-0.4, -0.2) is 35.5 Å². The fraction of sp³-hybridized carbons (Fsp3) is 1.00. The molecule has 1 nitrogen and oxygen atoms in total. The number of likely N-dealkylation sites (tertiary alicyclic amines) is 1. The van der Waals surface area contributed by atoms with Crippen LogP contribution in [0.4, 0.5) is 0 Å². The summed E-state index contributed by atoms with van der Waals surface area (Å²) in [6.45, 7) is 6.41. The van der Waals surface area contributed by atoms with Crippen LogP contribution in [0.5, 0.6) is 0 Å². The van der Waals surface area contributed by atoms with Gasteiger partial charge in [-0.1, -0.05) is 13.3 Å². The van der Waals surface area contributed by atoms with Crippen LogP contribution in [0.2, 0.25) is 0 Å². The van der Waals surface area contributed by atoms with Gasteiger partial charge in [-0.05, 0) is 25.0 Å². The van der Waals surface area contributed by atoms with E-state index in [2.05, 4.69) is 29.8 Å². The largest absolute Gasteiger partial charge is 0.301 e. The molecule has 0 amide bonds. The Kier molecular flexibility index (Phi) is 2.39. The SMILES string of the molecule is CSC1(CN2CC(C)C2)CCC1. The van der Waals surface area contributed by atoms with Crippen molar-refractivity contribution in [3.05, 3.63) is 0 Å². The van der Waals surface area contributed by atoms with Gasteiger partial charge >= 0.3 is 0 Å². The molecule has 12 heavy (non-hydrogen) atoms. The first-order valence-corrected chi connectivity index (χ1v) is 6.24. The summed E-state index contributed by atoms with van der Waals surface area (Å²) >= 11 is 2.10. The van der Waals surface area contributed by atoms with Gasteiger partial charge in [0.15, 0.2) is 0 Å². The lowest BCUT2D eigenvalue weighted by atomic mass is 9.82. The third-order valence-corrected chi connectivity index (χ3v) is 4.75. The maximum atomic E-state index is 2.63. The molecular weight excluding hydrogens is 166 g/mol. The molecule has 0 bridgehead atoms. The molecule has 1 aliphatic carbocycles. The van der Waals surface area contributed by atoms with Gasteiger partial charge in [-0.15, -0.1) is 0 Å². The van der Waals surface area contributed by atoms with Gasteiger partial charge in [-0.2, -0.15) is 11.8 Å². The van der Waals surface area contributed by atoms with Crippen LogP contribution in [0.15, 0.2) is 0 Å². The van der Waals surface area contributed by atoms with Crippen molar-refractivity contribution >= 4 is 11.8 Å². The van der Waals surface area contributed by atoms with Gasteiger partial charge in [-0.3, -0.25) is 0 Å². The molecule has 0 aromatic heterocycles. The normalized spacial score (nSPS) is 29.5. The van der Waals surface area contributed by atoms with Crippen LogP contribution < -0.4 is 0 Å². The Morgan fingerprint density at radius 1 is 1.42 bits per heavy atom. The van der Waals surface area contributed by atoms with E-state index in [1.807, 2.05) is 0 Å². The van der Waals surface area contributed by atoms with Crippen LogP contribution in [0.1, 0.15) is 26.2 Å². The lowest BCUT2D eigenvalue weighted by molar-refractivity contribution is 0.0844. The Morgan fingerprint density at radius 2 is 2.08 bits per heavy atom. The Labute approximate surface area is 79.9 Å². The van der Waals surface area contributed by atoms with Crippen molar-refractivity contribution < 1.29 is 0 Å². The molecule has 1 saturated carbocycles. The topological polar surface area (TPSA) is 3.24 Å². The molecule has 1 aliphatic heterocycles. The molecule has 0 unspecified atom stereocenters. The average Bonchev–Trinajstić information content (AvgIpc) is 1.92. The average molecular weight is 185 g/mol. The molecule has 0 aromatic rings. The maximum absolute atomic E-state index is 2.63. The van der Waals surface area contributed by atoms with Crippen LogP contribution in [0, 0.1) is 5.92 Å². The molecule has 1 saturated heterocycles. The van der Waals surface area contributed by atoms with Crippen LogP contribution >= 0.6 is 11.8 Å². The Morgan fingerprint density at radius 3 is 2.42 bits per heavy atom. The second-order valence-electron chi connectivity index (χ2n) is 4.54. The lowest BCUT2D eigenvalue weighted by Gasteiger charge is -2.48. The van der Waals surface area contributed by atoms with Crippen molar-refractivity contribution in [3.8, 4) is 0 Å². The molecule has 0 N–H and O–H groups in total. The molecule has 0 spiro atoms. The number of nitrogens with zero attached hydrogens (tertiary/aromatic N) is 1. The van der Waals surface area contributed by atoms with Crippen LogP contribution in [0.3, 0.4) is 0 Å². The van der Waals surface area contributed by atoms with E-state index in [0.29, 0.717) is 4.75 Å². The van der Waals surface area contributed by atoms with E-state index in [0.717, 1.165) is 5.92 Å². The van der Waals surface area contributed by atoms with Crippen LogP contribution in [0.25, 0.3) is 0 Å². The Balaban J connectivity index is 1.77. The highest BCUT2D eigenvalue weighted by molar-refractivity contribution is 8.00. The van der Waals surface area contributed by atoms with E-state index in [1.165, 1.54) is 38.9 Å². The van der Waals surface area contributed by atoms with E-state index in [-0.39, 0.29) is 0 Å². The fourth-order valence-corrected chi connectivity index (χ4v) is 3.37. The molecule has 2 rings (SSSR count). The molecule has 2 aliphatic rings. The number of hydrogen-bond acceptors (Lipinski definition) is 2. The lowest BCUT2D eigenvalue weighted by Crippen LogP contribution is -2.53. The summed E-state index contributed by atoms with van der Waals surface area (Å²) < 4.78 is 0.667. The van der Waals surface area contributed by atoms with Gasteiger partial charge in [0, 0.05) is 24.4 Å². The molecule has 1 heterocycles. The predicted octanol–water partition coefficient (Wildman–Crippen LogP) is 2.22. The van der Waals surface area contributed by atoms with Crippen molar-refractivity contribution in [2.24, 2.45) is 5.92 Å². The molecule has 2 fully saturated rings. The molecule has 0 atom stereocenters. The van der Waals surface area contributed by atoms with Gasteiger partial charge < -0.3 is 4.90 Å². The minimum absolute atomic E-state index is 0.667. The van der Waals surface area contributed by atoms with Gasteiger partial charge in [0.05, 0.1) is 0 Å². The summed E-state index contributed by atoms with van der Waals surface area (Å²) in [5, 5.41) is 0. The minimum Gasteiger partial charge on any atom is -0.301 e. The highest BCUT2D eigenvalue weighted by Gasteiger charge is 2.39. The predicted molar refractivity (Wildman–Crippen MR) is 55.7 cm³/mol. The molecular formula is C10H19NS. The second kappa shape index (κ2) is 3.22. The van der Waals surface area contributed by atoms with Crippen molar-refractivity contribution in [2.45, 2.75) is 30.9 Å². The van der Waals surface area contributed by atoms with E-state index < -0.39 is 0 Å². The summed E-state index contributed by atoms with van der Waals surface area (Å²) in [5.41, 5.74) is 0. The molecule has 2 heteroatoms. The number of rotatable bonds is 3. The van der Waals surface area contributed by atoms with Crippen molar-refractivity contribution in [1.29, 1.82) is 0 Å². The number of thioether (sulfide) groups is 1. The van der Waals surface area contributed by atoms with Crippen molar-refractivity contribution in [3.63, 3.8) is 0 Å². The first kappa shape index (κ1) is 8.89. The maximum Gasteiger partial charge on any atom is 0.0284 e.